The van der Waals surface area contributed by atoms with Crippen LogP contribution in [0.5, 0.6) is 0 Å². The smallest absolute Gasteiger partial charge is 0.284 e. The molecule has 2 aromatic rings. The van der Waals surface area contributed by atoms with Gasteiger partial charge in [0, 0.05) is 25.9 Å². The molecule has 5 nitrogen and oxygen atoms in total. The van der Waals surface area contributed by atoms with E-state index < -0.39 is 5.76 Å². The van der Waals surface area contributed by atoms with Crippen molar-refractivity contribution in [2.45, 2.75) is 56.7 Å². The van der Waals surface area contributed by atoms with Crippen molar-refractivity contribution in [2.24, 2.45) is 0 Å². The van der Waals surface area contributed by atoms with Crippen LogP contribution in [0.15, 0.2) is 16.5 Å². The van der Waals surface area contributed by atoms with Gasteiger partial charge < -0.3 is 14.3 Å². The minimum atomic E-state index is -2.37. The number of aryl methyl sites for hydroxylation is 1. The molecule has 132 valence electrons. The van der Waals surface area contributed by atoms with E-state index in [1.165, 1.54) is 19.3 Å². The molecular formula is C16H22F2N4OS. The number of fused-ring (bicyclic) bond motifs is 1. The maximum atomic E-state index is 12.2. The first-order valence-electron chi connectivity index (χ1n) is 8.31. The summed E-state index contributed by atoms with van der Waals surface area (Å²) in [6.07, 6.45) is 5.48. The van der Waals surface area contributed by atoms with Gasteiger partial charge in [0.05, 0.1) is 12.3 Å². The van der Waals surface area contributed by atoms with Crippen molar-refractivity contribution in [1.29, 1.82) is 0 Å². The SMILES string of the molecule is FC(F)SCc1ccc(CNCCc2nnc3n2CCCCC3)o1. The fraction of sp³-hybridized carbons (Fsp3) is 0.625. The minimum absolute atomic E-state index is 0.198. The molecule has 8 heteroatoms. The molecule has 3 rings (SSSR count). The summed E-state index contributed by atoms with van der Waals surface area (Å²) in [6, 6.07) is 3.59. The Labute approximate surface area is 144 Å². The molecule has 0 atom stereocenters. The van der Waals surface area contributed by atoms with Crippen LogP contribution in [0, 0.1) is 0 Å². The predicted molar refractivity (Wildman–Crippen MR) is 89.0 cm³/mol. The second-order valence-corrected chi connectivity index (χ2v) is 6.84. The second-order valence-electron chi connectivity index (χ2n) is 5.86. The molecule has 0 spiro atoms. The van der Waals surface area contributed by atoms with Gasteiger partial charge in [-0.1, -0.05) is 18.2 Å². The van der Waals surface area contributed by atoms with Crippen LogP contribution < -0.4 is 5.32 Å². The summed E-state index contributed by atoms with van der Waals surface area (Å²) in [4.78, 5) is 0. The number of nitrogens with zero attached hydrogens (tertiary/aromatic N) is 3. The highest BCUT2D eigenvalue weighted by Crippen LogP contribution is 2.21. The Morgan fingerprint density at radius 2 is 2.08 bits per heavy atom. The van der Waals surface area contributed by atoms with E-state index in [1.54, 1.807) is 6.07 Å². The zero-order valence-electron chi connectivity index (χ0n) is 13.5. The predicted octanol–water partition coefficient (Wildman–Crippen LogP) is 3.39. The van der Waals surface area contributed by atoms with E-state index in [-0.39, 0.29) is 5.75 Å². The molecular weight excluding hydrogens is 334 g/mol. The number of furan rings is 1. The standard InChI is InChI=1S/C16H22F2N4OS/c17-16(18)24-11-13-6-5-12(23-13)10-19-8-7-15-21-20-14-4-2-1-3-9-22(14)15/h5-6,16,19H,1-4,7-11H2. The third-order valence-electron chi connectivity index (χ3n) is 4.08. The van der Waals surface area contributed by atoms with Crippen LogP contribution in [0.4, 0.5) is 8.78 Å². The van der Waals surface area contributed by atoms with Crippen LogP contribution in [0.2, 0.25) is 0 Å². The molecule has 1 aliphatic heterocycles. The molecule has 0 saturated carbocycles. The van der Waals surface area contributed by atoms with Crippen LogP contribution >= 0.6 is 11.8 Å². The molecule has 0 bridgehead atoms. The molecule has 1 aliphatic rings. The summed E-state index contributed by atoms with van der Waals surface area (Å²) in [5.74, 6) is 1.32. The van der Waals surface area contributed by atoms with E-state index in [1.807, 2.05) is 6.07 Å². The van der Waals surface area contributed by atoms with Crippen molar-refractivity contribution in [1.82, 2.24) is 20.1 Å². The minimum Gasteiger partial charge on any atom is -0.464 e. The second kappa shape index (κ2) is 8.62. The number of hydrogen-bond acceptors (Lipinski definition) is 5. The molecule has 3 heterocycles. The van der Waals surface area contributed by atoms with Crippen molar-refractivity contribution < 1.29 is 13.2 Å². The molecule has 0 amide bonds. The zero-order valence-corrected chi connectivity index (χ0v) is 14.3. The molecule has 0 saturated heterocycles. The van der Waals surface area contributed by atoms with Crippen molar-refractivity contribution in [2.75, 3.05) is 6.54 Å². The first-order valence-corrected chi connectivity index (χ1v) is 9.36. The summed E-state index contributed by atoms with van der Waals surface area (Å²) in [5.41, 5.74) is 0. The van der Waals surface area contributed by atoms with Crippen LogP contribution in [0.1, 0.15) is 42.4 Å². The molecule has 0 aromatic carbocycles. The lowest BCUT2D eigenvalue weighted by atomic mass is 10.2. The summed E-state index contributed by atoms with van der Waals surface area (Å²) in [6.45, 7) is 2.38. The maximum absolute atomic E-state index is 12.2. The Balaban J connectivity index is 1.42. The molecule has 24 heavy (non-hydrogen) atoms. The molecule has 2 aromatic heterocycles. The van der Waals surface area contributed by atoms with Gasteiger partial charge in [0.15, 0.2) is 0 Å². The summed E-state index contributed by atoms with van der Waals surface area (Å²) in [5, 5.41) is 11.9. The van der Waals surface area contributed by atoms with Gasteiger partial charge in [0.1, 0.15) is 23.2 Å². The van der Waals surface area contributed by atoms with E-state index in [4.69, 9.17) is 4.42 Å². The number of hydrogen-bond donors (Lipinski definition) is 1. The number of rotatable bonds is 8. The summed E-state index contributed by atoms with van der Waals surface area (Å²) < 4.78 is 32.1. The third-order valence-corrected chi connectivity index (χ3v) is 4.78. The average Bonchev–Trinajstić information content (AvgIpc) is 3.10. The lowest BCUT2D eigenvalue weighted by Gasteiger charge is -2.07. The Bertz CT molecular complexity index is 644. The Hall–Kier alpha value is -1.41. The molecule has 0 aliphatic carbocycles. The van der Waals surface area contributed by atoms with E-state index in [0.29, 0.717) is 24.1 Å². The first-order chi connectivity index (χ1) is 11.7. The van der Waals surface area contributed by atoms with Gasteiger partial charge in [-0.25, -0.2) is 0 Å². The van der Waals surface area contributed by atoms with Crippen molar-refractivity contribution in [3.05, 3.63) is 35.3 Å². The fourth-order valence-electron chi connectivity index (χ4n) is 2.88. The molecule has 0 radical (unpaired) electrons. The van der Waals surface area contributed by atoms with Crippen molar-refractivity contribution >= 4 is 11.8 Å². The van der Waals surface area contributed by atoms with Gasteiger partial charge in [0.25, 0.3) is 5.76 Å². The zero-order chi connectivity index (χ0) is 16.8. The van der Waals surface area contributed by atoms with Gasteiger partial charge in [-0.15, -0.1) is 10.2 Å². The van der Waals surface area contributed by atoms with Gasteiger partial charge in [-0.3, -0.25) is 0 Å². The summed E-state index contributed by atoms with van der Waals surface area (Å²) >= 11 is 0.574. The first kappa shape index (κ1) is 17.4. The van der Waals surface area contributed by atoms with Crippen molar-refractivity contribution in [3.8, 4) is 0 Å². The van der Waals surface area contributed by atoms with Gasteiger partial charge in [-0.05, 0) is 25.0 Å². The highest BCUT2D eigenvalue weighted by Gasteiger charge is 2.14. The summed E-state index contributed by atoms with van der Waals surface area (Å²) in [7, 11) is 0. The van der Waals surface area contributed by atoms with E-state index >= 15 is 0 Å². The van der Waals surface area contributed by atoms with E-state index in [0.717, 1.165) is 43.3 Å². The van der Waals surface area contributed by atoms with Gasteiger partial charge in [-0.2, -0.15) is 8.78 Å². The lowest BCUT2D eigenvalue weighted by Crippen LogP contribution is -2.18. The Kier molecular flexibility index (Phi) is 6.25. The van der Waals surface area contributed by atoms with Gasteiger partial charge >= 0.3 is 0 Å². The van der Waals surface area contributed by atoms with E-state index in [2.05, 4.69) is 20.1 Å². The molecule has 0 unspecified atom stereocenters. The van der Waals surface area contributed by atoms with Gasteiger partial charge in [0.2, 0.25) is 0 Å². The van der Waals surface area contributed by atoms with Crippen LogP contribution in [0.3, 0.4) is 0 Å². The maximum Gasteiger partial charge on any atom is 0.284 e. The molecule has 1 N–H and O–H groups in total. The highest BCUT2D eigenvalue weighted by molar-refractivity contribution is 7.98. The highest BCUT2D eigenvalue weighted by atomic mass is 32.2. The monoisotopic (exact) mass is 356 g/mol. The Morgan fingerprint density at radius 1 is 1.21 bits per heavy atom. The third kappa shape index (κ3) is 4.80. The van der Waals surface area contributed by atoms with Crippen LogP contribution in [0.25, 0.3) is 0 Å². The van der Waals surface area contributed by atoms with E-state index in [9.17, 15) is 8.78 Å². The number of nitrogens with one attached hydrogen (secondary N) is 1. The largest absolute Gasteiger partial charge is 0.464 e. The lowest BCUT2D eigenvalue weighted by molar-refractivity contribution is 0.251. The van der Waals surface area contributed by atoms with Crippen LogP contribution in [-0.4, -0.2) is 27.1 Å². The fourth-order valence-corrected chi connectivity index (χ4v) is 3.33. The Morgan fingerprint density at radius 3 is 2.96 bits per heavy atom. The topological polar surface area (TPSA) is 55.9 Å². The number of alkyl halides is 2. The number of thioether (sulfide) groups is 1. The number of aromatic nitrogens is 3. The van der Waals surface area contributed by atoms with Crippen LogP contribution in [-0.2, 0) is 31.7 Å². The normalized spacial score (nSPS) is 14.8. The molecule has 0 fully saturated rings. The average molecular weight is 356 g/mol. The van der Waals surface area contributed by atoms with Crippen molar-refractivity contribution in [3.63, 3.8) is 0 Å². The quantitative estimate of drug-likeness (QED) is 0.735. The number of halogens is 2.